The van der Waals surface area contributed by atoms with E-state index in [4.69, 9.17) is 4.74 Å². The molecule has 1 nitrogen and oxygen atoms in total. The van der Waals surface area contributed by atoms with E-state index >= 15 is 0 Å². The molecule has 1 unspecified atom stereocenters. The Labute approximate surface area is 77.5 Å². The zero-order valence-corrected chi connectivity index (χ0v) is 9.26. The maximum absolute atomic E-state index is 5.56. The van der Waals surface area contributed by atoms with Gasteiger partial charge < -0.3 is 4.74 Å². The Morgan fingerprint density at radius 3 is 1.83 bits per heavy atom. The third-order valence-corrected chi connectivity index (χ3v) is 1.73. The minimum absolute atomic E-state index is 0.663. The summed E-state index contributed by atoms with van der Waals surface area (Å²) in [5, 5.41) is 0. The van der Waals surface area contributed by atoms with Crippen molar-refractivity contribution in [2.45, 2.75) is 41.0 Å². The molecule has 0 heterocycles. The molecule has 0 aromatic rings. The molecular formula is C11H24O. The van der Waals surface area contributed by atoms with Crippen molar-refractivity contribution in [3.63, 3.8) is 0 Å². The van der Waals surface area contributed by atoms with Crippen LogP contribution in [0.1, 0.15) is 41.0 Å². The summed E-state index contributed by atoms with van der Waals surface area (Å²) in [6, 6.07) is 0. The van der Waals surface area contributed by atoms with Crippen LogP contribution in [0.15, 0.2) is 0 Å². The zero-order valence-electron chi connectivity index (χ0n) is 9.26. The summed E-state index contributed by atoms with van der Waals surface area (Å²) in [6.45, 7) is 13.0. The minimum Gasteiger partial charge on any atom is -0.381 e. The van der Waals surface area contributed by atoms with E-state index in [2.05, 4.69) is 34.6 Å². The molecule has 1 atom stereocenters. The molecule has 0 saturated carbocycles. The molecule has 0 fully saturated rings. The standard InChI is InChI=1S/C11H24O/c1-9(2)6-11(5)8-12-7-10(3)4/h9-11H,6-8H2,1-5H3. The Morgan fingerprint density at radius 1 is 0.833 bits per heavy atom. The summed E-state index contributed by atoms with van der Waals surface area (Å²) in [4.78, 5) is 0. The second-order valence-corrected chi connectivity index (χ2v) is 4.67. The lowest BCUT2D eigenvalue weighted by Crippen LogP contribution is -2.11. The number of rotatable bonds is 6. The molecular weight excluding hydrogens is 148 g/mol. The second-order valence-electron chi connectivity index (χ2n) is 4.67. The SMILES string of the molecule is CC(C)COCC(C)CC(C)C. The van der Waals surface area contributed by atoms with Crippen molar-refractivity contribution in [3.05, 3.63) is 0 Å². The third kappa shape index (κ3) is 8.06. The molecule has 0 spiro atoms. The van der Waals surface area contributed by atoms with Crippen molar-refractivity contribution >= 4 is 0 Å². The Morgan fingerprint density at radius 2 is 1.42 bits per heavy atom. The van der Waals surface area contributed by atoms with Crippen LogP contribution < -0.4 is 0 Å². The largest absolute Gasteiger partial charge is 0.381 e. The molecule has 12 heavy (non-hydrogen) atoms. The highest BCUT2D eigenvalue weighted by Gasteiger charge is 2.05. The quantitative estimate of drug-likeness (QED) is 0.597. The smallest absolute Gasteiger partial charge is 0.0491 e. The molecule has 1 heteroatoms. The highest BCUT2D eigenvalue weighted by molar-refractivity contribution is 4.54. The fourth-order valence-electron chi connectivity index (χ4n) is 1.38. The van der Waals surface area contributed by atoms with Crippen molar-refractivity contribution in [1.29, 1.82) is 0 Å². The summed E-state index contributed by atoms with van der Waals surface area (Å²) in [7, 11) is 0. The van der Waals surface area contributed by atoms with Crippen molar-refractivity contribution in [3.8, 4) is 0 Å². The molecule has 0 bridgehead atoms. The van der Waals surface area contributed by atoms with Crippen LogP contribution >= 0.6 is 0 Å². The number of hydrogen-bond donors (Lipinski definition) is 0. The fraction of sp³-hybridized carbons (Fsp3) is 1.00. The third-order valence-electron chi connectivity index (χ3n) is 1.73. The predicted octanol–water partition coefficient (Wildman–Crippen LogP) is 3.34. The summed E-state index contributed by atoms with van der Waals surface area (Å²) in [6.07, 6.45) is 1.28. The lowest BCUT2D eigenvalue weighted by atomic mass is 10.00. The number of ether oxygens (including phenoxy) is 1. The van der Waals surface area contributed by atoms with E-state index in [1.165, 1.54) is 6.42 Å². The van der Waals surface area contributed by atoms with Crippen LogP contribution in [-0.2, 0) is 4.74 Å². The highest BCUT2D eigenvalue weighted by Crippen LogP contribution is 2.11. The number of hydrogen-bond acceptors (Lipinski definition) is 1. The summed E-state index contributed by atoms with van der Waals surface area (Å²) >= 11 is 0. The van der Waals surface area contributed by atoms with Gasteiger partial charge in [-0.3, -0.25) is 0 Å². The molecule has 0 amide bonds. The maximum Gasteiger partial charge on any atom is 0.0491 e. The van der Waals surface area contributed by atoms with E-state index in [0.29, 0.717) is 11.8 Å². The van der Waals surface area contributed by atoms with Crippen LogP contribution in [-0.4, -0.2) is 13.2 Å². The normalized spacial score (nSPS) is 14.2. The van der Waals surface area contributed by atoms with Crippen molar-refractivity contribution < 1.29 is 4.74 Å². The van der Waals surface area contributed by atoms with Gasteiger partial charge in [-0.15, -0.1) is 0 Å². The topological polar surface area (TPSA) is 9.23 Å². The molecule has 74 valence electrons. The monoisotopic (exact) mass is 172 g/mol. The Balaban J connectivity index is 3.25. The Bertz CT molecular complexity index is 97.2. The predicted molar refractivity (Wildman–Crippen MR) is 54.3 cm³/mol. The van der Waals surface area contributed by atoms with Crippen molar-refractivity contribution in [2.24, 2.45) is 17.8 Å². The second kappa shape index (κ2) is 6.47. The molecule has 0 radical (unpaired) electrons. The van der Waals surface area contributed by atoms with Crippen molar-refractivity contribution in [1.82, 2.24) is 0 Å². The van der Waals surface area contributed by atoms with E-state index in [1.807, 2.05) is 0 Å². The van der Waals surface area contributed by atoms with Crippen molar-refractivity contribution in [2.75, 3.05) is 13.2 Å². The van der Waals surface area contributed by atoms with Gasteiger partial charge in [0.15, 0.2) is 0 Å². The molecule has 0 aliphatic carbocycles. The summed E-state index contributed by atoms with van der Waals surface area (Å²) in [5.74, 6) is 2.17. The summed E-state index contributed by atoms with van der Waals surface area (Å²) in [5.41, 5.74) is 0. The Kier molecular flexibility index (Phi) is 6.45. The van der Waals surface area contributed by atoms with Gasteiger partial charge in [-0.05, 0) is 24.2 Å². The Hall–Kier alpha value is -0.0400. The van der Waals surface area contributed by atoms with Gasteiger partial charge in [-0.2, -0.15) is 0 Å². The summed E-state index contributed by atoms with van der Waals surface area (Å²) < 4.78 is 5.56. The van der Waals surface area contributed by atoms with E-state index in [1.54, 1.807) is 0 Å². The average molecular weight is 172 g/mol. The van der Waals surface area contributed by atoms with E-state index in [9.17, 15) is 0 Å². The van der Waals surface area contributed by atoms with E-state index in [-0.39, 0.29) is 0 Å². The lowest BCUT2D eigenvalue weighted by molar-refractivity contribution is 0.0784. The van der Waals surface area contributed by atoms with Crippen LogP contribution in [0.2, 0.25) is 0 Å². The molecule has 0 aliphatic heterocycles. The van der Waals surface area contributed by atoms with Gasteiger partial charge in [-0.25, -0.2) is 0 Å². The highest BCUT2D eigenvalue weighted by atomic mass is 16.5. The van der Waals surface area contributed by atoms with E-state index < -0.39 is 0 Å². The van der Waals surface area contributed by atoms with Gasteiger partial charge in [0.25, 0.3) is 0 Å². The maximum atomic E-state index is 5.56. The first kappa shape index (κ1) is 12.0. The molecule has 0 aromatic heterocycles. The van der Waals surface area contributed by atoms with Gasteiger partial charge in [0, 0.05) is 13.2 Å². The first-order valence-electron chi connectivity index (χ1n) is 5.10. The van der Waals surface area contributed by atoms with Crippen LogP contribution in [0.3, 0.4) is 0 Å². The van der Waals surface area contributed by atoms with Gasteiger partial charge in [0.1, 0.15) is 0 Å². The first-order chi connectivity index (χ1) is 5.52. The molecule has 0 aliphatic rings. The first-order valence-corrected chi connectivity index (χ1v) is 5.10. The van der Waals surface area contributed by atoms with Crippen LogP contribution in [0.4, 0.5) is 0 Å². The van der Waals surface area contributed by atoms with Gasteiger partial charge >= 0.3 is 0 Å². The van der Waals surface area contributed by atoms with Gasteiger partial charge in [0.2, 0.25) is 0 Å². The van der Waals surface area contributed by atoms with Gasteiger partial charge in [-0.1, -0.05) is 34.6 Å². The van der Waals surface area contributed by atoms with Gasteiger partial charge in [0.05, 0.1) is 0 Å². The zero-order chi connectivity index (χ0) is 9.56. The molecule has 0 aromatic carbocycles. The fourth-order valence-corrected chi connectivity index (χ4v) is 1.38. The van der Waals surface area contributed by atoms with Crippen LogP contribution in [0, 0.1) is 17.8 Å². The van der Waals surface area contributed by atoms with E-state index in [0.717, 1.165) is 19.1 Å². The minimum atomic E-state index is 0.663. The lowest BCUT2D eigenvalue weighted by Gasteiger charge is -2.14. The van der Waals surface area contributed by atoms with Crippen LogP contribution in [0.25, 0.3) is 0 Å². The van der Waals surface area contributed by atoms with Crippen LogP contribution in [0.5, 0.6) is 0 Å². The molecule has 0 N–H and O–H groups in total. The average Bonchev–Trinajstić information content (AvgIpc) is 1.84. The molecule has 0 rings (SSSR count). The molecule has 0 saturated heterocycles.